The molecule has 3 heteroatoms. The fraction of sp³-hybridized carbons (Fsp3) is 0.818. The number of ether oxygens (including phenoxy) is 1. The molecule has 0 unspecified atom stereocenters. The summed E-state index contributed by atoms with van der Waals surface area (Å²) >= 11 is 0. The first-order valence-electron chi connectivity index (χ1n) is 5.44. The Balaban J connectivity index is 3.50. The second kappa shape index (κ2) is 8.88. The Labute approximate surface area is 87.9 Å². The summed E-state index contributed by atoms with van der Waals surface area (Å²) in [5, 5.41) is 0. The van der Waals surface area contributed by atoms with Crippen molar-refractivity contribution in [3.63, 3.8) is 0 Å². The van der Waals surface area contributed by atoms with Crippen LogP contribution < -0.4 is 5.73 Å². The summed E-state index contributed by atoms with van der Waals surface area (Å²) in [4.78, 5) is 2.23. The van der Waals surface area contributed by atoms with Crippen LogP contribution in [0.25, 0.3) is 0 Å². The summed E-state index contributed by atoms with van der Waals surface area (Å²) in [5.41, 5.74) is 5.36. The first-order valence-corrected chi connectivity index (χ1v) is 5.44. The van der Waals surface area contributed by atoms with E-state index in [0.29, 0.717) is 6.10 Å². The van der Waals surface area contributed by atoms with E-state index in [4.69, 9.17) is 10.5 Å². The van der Waals surface area contributed by atoms with Crippen LogP contribution in [0.1, 0.15) is 33.6 Å². The fourth-order valence-electron chi connectivity index (χ4n) is 1.26. The minimum atomic E-state index is 0.333. The van der Waals surface area contributed by atoms with Crippen LogP contribution in [0.2, 0.25) is 0 Å². The molecule has 0 aromatic rings. The number of hydrogen-bond donors (Lipinski definition) is 1. The second-order valence-corrected chi connectivity index (χ2v) is 3.65. The van der Waals surface area contributed by atoms with E-state index in [0.717, 1.165) is 32.5 Å². The van der Waals surface area contributed by atoms with Crippen LogP contribution in [0.15, 0.2) is 12.4 Å². The van der Waals surface area contributed by atoms with E-state index in [1.807, 2.05) is 6.20 Å². The molecule has 84 valence electrons. The smallest absolute Gasteiger partial charge is 0.0518 e. The van der Waals surface area contributed by atoms with Gasteiger partial charge in [-0.1, -0.05) is 6.92 Å². The highest BCUT2D eigenvalue weighted by Crippen LogP contribution is 1.97. The molecule has 14 heavy (non-hydrogen) atoms. The predicted octanol–water partition coefficient (Wildman–Crippen LogP) is 1.94. The molecule has 0 heterocycles. The van der Waals surface area contributed by atoms with E-state index >= 15 is 0 Å². The summed E-state index contributed by atoms with van der Waals surface area (Å²) in [6.45, 7) is 9.20. The van der Waals surface area contributed by atoms with Crippen LogP contribution in [-0.2, 0) is 4.74 Å². The van der Waals surface area contributed by atoms with Crippen molar-refractivity contribution in [2.24, 2.45) is 5.73 Å². The molecule has 3 nitrogen and oxygen atoms in total. The molecule has 0 saturated heterocycles. The van der Waals surface area contributed by atoms with Gasteiger partial charge in [-0.25, -0.2) is 0 Å². The molecule has 0 radical (unpaired) electrons. The molecule has 0 amide bonds. The van der Waals surface area contributed by atoms with Crippen LogP contribution in [0, 0.1) is 0 Å². The van der Waals surface area contributed by atoms with Gasteiger partial charge in [0.25, 0.3) is 0 Å². The molecular formula is C11H24N2O. The SMILES string of the molecule is CCCN(/C=C\N)CCCOC(C)C. The maximum absolute atomic E-state index is 5.47. The Hall–Kier alpha value is -0.700. The molecule has 0 fully saturated rings. The molecule has 0 aliphatic carbocycles. The Morgan fingerprint density at radius 1 is 1.36 bits per heavy atom. The van der Waals surface area contributed by atoms with Gasteiger partial charge in [0.15, 0.2) is 0 Å². The van der Waals surface area contributed by atoms with Crippen LogP contribution in [-0.4, -0.2) is 30.7 Å². The third-order valence-corrected chi connectivity index (χ3v) is 1.85. The van der Waals surface area contributed by atoms with Gasteiger partial charge in [0.1, 0.15) is 0 Å². The van der Waals surface area contributed by atoms with Crippen LogP contribution in [0.3, 0.4) is 0 Å². The molecule has 0 spiro atoms. The molecule has 0 aliphatic heterocycles. The van der Waals surface area contributed by atoms with Gasteiger partial charge in [0.2, 0.25) is 0 Å². The van der Waals surface area contributed by atoms with Gasteiger partial charge in [-0.3, -0.25) is 0 Å². The summed E-state index contributed by atoms with van der Waals surface area (Å²) < 4.78 is 5.47. The third-order valence-electron chi connectivity index (χ3n) is 1.85. The van der Waals surface area contributed by atoms with Gasteiger partial charge in [-0.15, -0.1) is 0 Å². The van der Waals surface area contributed by atoms with E-state index in [1.54, 1.807) is 6.20 Å². The molecule has 0 bridgehead atoms. The lowest BCUT2D eigenvalue weighted by molar-refractivity contribution is 0.0731. The molecular weight excluding hydrogens is 176 g/mol. The van der Waals surface area contributed by atoms with Crippen LogP contribution >= 0.6 is 0 Å². The van der Waals surface area contributed by atoms with Crippen molar-refractivity contribution in [3.8, 4) is 0 Å². The standard InChI is InChI=1S/C11H24N2O/c1-4-7-13(9-6-12)8-5-10-14-11(2)3/h6,9,11H,4-5,7-8,10,12H2,1-3H3/b9-6-. The molecule has 0 aliphatic rings. The van der Waals surface area contributed by atoms with E-state index in [1.165, 1.54) is 0 Å². The third kappa shape index (κ3) is 7.92. The maximum Gasteiger partial charge on any atom is 0.0518 e. The summed E-state index contributed by atoms with van der Waals surface area (Å²) in [5.74, 6) is 0. The van der Waals surface area contributed by atoms with Crippen LogP contribution in [0.4, 0.5) is 0 Å². The van der Waals surface area contributed by atoms with Gasteiger partial charge in [-0.2, -0.15) is 0 Å². The van der Waals surface area contributed by atoms with E-state index in [2.05, 4.69) is 25.7 Å². The van der Waals surface area contributed by atoms with Crippen LogP contribution in [0.5, 0.6) is 0 Å². The summed E-state index contributed by atoms with van der Waals surface area (Å²) in [6, 6.07) is 0. The quantitative estimate of drug-likeness (QED) is 0.609. The number of nitrogens with two attached hydrogens (primary N) is 1. The second-order valence-electron chi connectivity index (χ2n) is 3.65. The number of nitrogens with zero attached hydrogens (tertiary/aromatic N) is 1. The van der Waals surface area contributed by atoms with E-state index < -0.39 is 0 Å². The lowest BCUT2D eigenvalue weighted by Gasteiger charge is -2.19. The van der Waals surface area contributed by atoms with Gasteiger partial charge in [0, 0.05) is 32.1 Å². The van der Waals surface area contributed by atoms with Crippen molar-refractivity contribution >= 4 is 0 Å². The topological polar surface area (TPSA) is 38.5 Å². The first kappa shape index (κ1) is 13.3. The average Bonchev–Trinajstić information content (AvgIpc) is 2.12. The predicted molar refractivity (Wildman–Crippen MR) is 60.9 cm³/mol. The van der Waals surface area contributed by atoms with E-state index in [-0.39, 0.29) is 0 Å². The van der Waals surface area contributed by atoms with Crippen molar-refractivity contribution < 1.29 is 4.74 Å². The molecule has 0 aromatic heterocycles. The number of hydrogen-bond acceptors (Lipinski definition) is 3. The van der Waals surface area contributed by atoms with Crippen molar-refractivity contribution in [3.05, 3.63) is 12.4 Å². The average molecular weight is 200 g/mol. The van der Waals surface area contributed by atoms with Gasteiger partial charge in [-0.05, 0) is 26.7 Å². The summed E-state index contributed by atoms with van der Waals surface area (Å²) in [7, 11) is 0. The molecule has 2 N–H and O–H groups in total. The lowest BCUT2D eigenvalue weighted by atomic mass is 10.3. The minimum Gasteiger partial charge on any atom is -0.403 e. The zero-order chi connectivity index (χ0) is 10.8. The van der Waals surface area contributed by atoms with Gasteiger partial charge >= 0.3 is 0 Å². The van der Waals surface area contributed by atoms with Crippen molar-refractivity contribution in [1.82, 2.24) is 4.90 Å². The monoisotopic (exact) mass is 200 g/mol. The van der Waals surface area contributed by atoms with Gasteiger partial charge in [0.05, 0.1) is 6.10 Å². The minimum absolute atomic E-state index is 0.333. The largest absolute Gasteiger partial charge is 0.403 e. The Kier molecular flexibility index (Phi) is 8.43. The zero-order valence-corrected chi connectivity index (χ0v) is 9.70. The lowest BCUT2D eigenvalue weighted by Crippen LogP contribution is -2.21. The molecule has 0 rings (SSSR count). The highest BCUT2D eigenvalue weighted by Gasteiger charge is 1.98. The van der Waals surface area contributed by atoms with Crippen molar-refractivity contribution in [2.75, 3.05) is 19.7 Å². The Bertz CT molecular complexity index is 146. The molecule has 0 aromatic carbocycles. The van der Waals surface area contributed by atoms with E-state index in [9.17, 15) is 0 Å². The van der Waals surface area contributed by atoms with Gasteiger partial charge < -0.3 is 15.4 Å². The first-order chi connectivity index (χ1) is 6.70. The van der Waals surface area contributed by atoms with Crippen molar-refractivity contribution in [1.29, 1.82) is 0 Å². The normalized spacial score (nSPS) is 11.4. The highest BCUT2D eigenvalue weighted by atomic mass is 16.5. The molecule has 0 saturated carbocycles. The maximum atomic E-state index is 5.47. The highest BCUT2D eigenvalue weighted by molar-refractivity contribution is 4.77. The summed E-state index contributed by atoms with van der Waals surface area (Å²) in [6.07, 6.45) is 6.08. The Morgan fingerprint density at radius 3 is 2.57 bits per heavy atom. The fourth-order valence-corrected chi connectivity index (χ4v) is 1.26. The molecule has 0 atom stereocenters. The number of rotatable bonds is 8. The zero-order valence-electron chi connectivity index (χ0n) is 9.70. The Morgan fingerprint density at radius 2 is 2.07 bits per heavy atom. The van der Waals surface area contributed by atoms with Crippen molar-refractivity contribution in [2.45, 2.75) is 39.7 Å².